The van der Waals surface area contributed by atoms with E-state index >= 15 is 0 Å². The summed E-state index contributed by atoms with van der Waals surface area (Å²) in [5.41, 5.74) is 7.15. The van der Waals surface area contributed by atoms with Gasteiger partial charge in [0.25, 0.3) is 0 Å². The highest BCUT2D eigenvalue weighted by Crippen LogP contribution is 2.16. The molecule has 0 saturated heterocycles. The Hall–Kier alpha value is -1.42. The van der Waals surface area contributed by atoms with Gasteiger partial charge < -0.3 is 11.1 Å². The number of carbonyl (C=O) groups excluding carboxylic acids is 1. The van der Waals surface area contributed by atoms with Gasteiger partial charge in [0.05, 0.1) is 12.1 Å². The quantitative estimate of drug-likeness (QED) is 0.861. The molecule has 0 heterocycles. The third-order valence-electron chi connectivity index (χ3n) is 3.12. The Balaban J connectivity index is 2.66. The maximum Gasteiger partial charge on any atom is 0.237 e. The van der Waals surface area contributed by atoms with E-state index in [-0.39, 0.29) is 17.8 Å². The van der Waals surface area contributed by atoms with Crippen LogP contribution in [0.3, 0.4) is 0 Å². The molecule has 0 spiro atoms. The van der Waals surface area contributed by atoms with Crippen LogP contribution in [0.1, 0.15) is 44.4 Å². The van der Waals surface area contributed by atoms with E-state index in [2.05, 4.69) is 5.32 Å². The third-order valence-corrected chi connectivity index (χ3v) is 3.12. The van der Waals surface area contributed by atoms with E-state index in [1.165, 1.54) is 6.07 Å². The lowest BCUT2D eigenvalue weighted by Crippen LogP contribution is -2.42. The molecule has 2 atom stereocenters. The van der Waals surface area contributed by atoms with E-state index in [0.29, 0.717) is 17.9 Å². The second kappa shape index (κ2) is 6.66. The Bertz CT molecular complexity index is 446. The van der Waals surface area contributed by atoms with E-state index in [1.54, 1.807) is 13.0 Å². The summed E-state index contributed by atoms with van der Waals surface area (Å²) in [5.74, 6) is -0.0832. The van der Waals surface area contributed by atoms with Gasteiger partial charge in [-0.2, -0.15) is 0 Å². The largest absolute Gasteiger partial charge is 0.348 e. The van der Waals surface area contributed by atoms with Crippen LogP contribution < -0.4 is 11.1 Å². The average molecular weight is 266 g/mol. The molecule has 1 rings (SSSR count). The summed E-state index contributed by atoms with van der Waals surface area (Å²) >= 11 is 0. The fourth-order valence-corrected chi connectivity index (χ4v) is 1.90. The maximum absolute atomic E-state index is 13.5. The third kappa shape index (κ3) is 4.63. The number of rotatable bonds is 5. The van der Waals surface area contributed by atoms with Gasteiger partial charge in [-0.1, -0.05) is 26.0 Å². The van der Waals surface area contributed by atoms with E-state index in [4.69, 9.17) is 5.73 Å². The van der Waals surface area contributed by atoms with E-state index in [0.717, 1.165) is 5.56 Å². The van der Waals surface area contributed by atoms with Crippen molar-refractivity contribution in [3.63, 3.8) is 0 Å². The fraction of sp³-hybridized carbons (Fsp3) is 0.533. The molecule has 0 aliphatic carbocycles. The van der Waals surface area contributed by atoms with E-state index < -0.39 is 6.04 Å². The number of nitrogens with one attached hydrogen (secondary N) is 1. The predicted octanol–water partition coefficient (Wildman–Crippen LogP) is 2.68. The Labute approximate surface area is 114 Å². The maximum atomic E-state index is 13.5. The minimum absolute atomic E-state index is 0.192. The van der Waals surface area contributed by atoms with Gasteiger partial charge in [0.1, 0.15) is 5.82 Å². The van der Waals surface area contributed by atoms with Gasteiger partial charge in [0, 0.05) is 0 Å². The van der Waals surface area contributed by atoms with Crippen molar-refractivity contribution in [3.05, 3.63) is 35.1 Å². The topological polar surface area (TPSA) is 55.1 Å². The molecule has 0 aromatic heterocycles. The fourth-order valence-electron chi connectivity index (χ4n) is 1.90. The summed E-state index contributed by atoms with van der Waals surface area (Å²) in [4.78, 5) is 11.9. The predicted molar refractivity (Wildman–Crippen MR) is 75.1 cm³/mol. The highest BCUT2D eigenvalue weighted by molar-refractivity contribution is 5.81. The summed E-state index contributed by atoms with van der Waals surface area (Å²) in [5, 5.41) is 2.82. The number of hydrogen-bond donors (Lipinski definition) is 2. The Morgan fingerprint density at radius 1 is 1.37 bits per heavy atom. The zero-order chi connectivity index (χ0) is 14.6. The van der Waals surface area contributed by atoms with Crippen molar-refractivity contribution in [2.75, 3.05) is 0 Å². The van der Waals surface area contributed by atoms with Gasteiger partial charge >= 0.3 is 0 Å². The summed E-state index contributed by atoms with van der Waals surface area (Å²) in [6.45, 7) is 7.57. The molecule has 2 unspecified atom stereocenters. The van der Waals surface area contributed by atoms with Crippen LogP contribution in [0, 0.1) is 18.7 Å². The van der Waals surface area contributed by atoms with Gasteiger partial charge in [-0.05, 0) is 43.4 Å². The van der Waals surface area contributed by atoms with E-state index in [9.17, 15) is 9.18 Å². The lowest BCUT2D eigenvalue weighted by atomic mass is 10.0. The number of hydrogen-bond acceptors (Lipinski definition) is 2. The molecule has 1 aromatic carbocycles. The van der Waals surface area contributed by atoms with Gasteiger partial charge in [-0.3, -0.25) is 4.79 Å². The van der Waals surface area contributed by atoms with Gasteiger partial charge in [0.2, 0.25) is 5.91 Å². The molecule has 106 valence electrons. The van der Waals surface area contributed by atoms with Gasteiger partial charge in [-0.25, -0.2) is 4.39 Å². The summed E-state index contributed by atoms with van der Waals surface area (Å²) in [7, 11) is 0. The van der Waals surface area contributed by atoms with Crippen molar-refractivity contribution in [1.82, 2.24) is 5.32 Å². The summed E-state index contributed by atoms with van der Waals surface area (Å²) < 4.78 is 13.5. The van der Waals surface area contributed by atoms with Crippen molar-refractivity contribution in [3.8, 4) is 0 Å². The van der Waals surface area contributed by atoms with Crippen LogP contribution >= 0.6 is 0 Å². The first-order valence-corrected chi connectivity index (χ1v) is 6.63. The monoisotopic (exact) mass is 266 g/mol. The number of halogens is 1. The van der Waals surface area contributed by atoms with E-state index in [1.807, 2.05) is 26.8 Å². The minimum Gasteiger partial charge on any atom is -0.348 e. The number of benzene rings is 1. The molecule has 19 heavy (non-hydrogen) atoms. The first-order chi connectivity index (χ1) is 8.81. The zero-order valence-electron chi connectivity index (χ0n) is 12.0. The molecule has 0 aliphatic rings. The lowest BCUT2D eigenvalue weighted by Gasteiger charge is -2.19. The smallest absolute Gasteiger partial charge is 0.237 e. The highest BCUT2D eigenvalue weighted by atomic mass is 19.1. The second-order valence-electron chi connectivity index (χ2n) is 5.47. The van der Waals surface area contributed by atoms with Crippen LogP contribution in [0.5, 0.6) is 0 Å². The molecule has 0 fully saturated rings. The SMILES string of the molecule is Cc1ccc(C(C)NC(=O)C(N)CC(C)C)cc1F. The molecule has 0 radical (unpaired) electrons. The number of nitrogens with two attached hydrogens (primary N) is 1. The van der Waals surface area contributed by atoms with Crippen molar-refractivity contribution < 1.29 is 9.18 Å². The summed E-state index contributed by atoms with van der Waals surface area (Å²) in [6, 6.07) is 4.21. The molecular formula is C15H23FN2O. The first-order valence-electron chi connectivity index (χ1n) is 6.63. The summed E-state index contributed by atoms with van der Waals surface area (Å²) in [6.07, 6.45) is 0.640. The molecule has 1 amide bonds. The van der Waals surface area contributed by atoms with Crippen molar-refractivity contribution >= 4 is 5.91 Å². The zero-order valence-corrected chi connectivity index (χ0v) is 12.0. The van der Waals surface area contributed by atoms with Crippen molar-refractivity contribution in [1.29, 1.82) is 0 Å². The normalized spacial score (nSPS) is 14.3. The number of aryl methyl sites for hydroxylation is 1. The van der Waals surface area contributed by atoms with Crippen molar-refractivity contribution in [2.45, 2.75) is 46.2 Å². The van der Waals surface area contributed by atoms with Gasteiger partial charge in [-0.15, -0.1) is 0 Å². The van der Waals surface area contributed by atoms with Crippen molar-refractivity contribution in [2.24, 2.45) is 11.7 Å². The molecule has 3 N–H and O–H groups in total. The average Bonchev–Trinajstić information content (AvgIpc) is 2.31. The van der Waals surface area contributed by atoms with Gasteiger partial charge in [0.15, 0.2) is 0 Å². The Kier molecular flexibility index (Phi) is 5.48. The number of carbonyl (C=O) groups is 1. The Morgan fingerprint density at radius 3 is 2.53 bits per heavy atom. The van der Waals surface area contributed by atoms with Crippen LogP contribution in [0.15, 0.2) is 18.2 Å². The molecule has 1 aromatic rings. The molecule has 0 aliphatic heterocycles. The highest BCUT2D eigenvalue weighted by Gasteiger charge is 2.18. The second-order valence-corrected chi connectivity index (χ2v) is 5.47. The molecule has 4 heteroatoms. The molecule has 0 saturated carbocycles. The van der Waals surface area contributed by atoms with Crippen LogP contribution in [0.4, 0.5) is 4.39 Å². The first kappa shape index (κ1) is 15.6. The standard InChI is InChI=1S/C15H23FN2O/c1-9(2)7-14(17)15(19)18-11(4)12-6-5-10(3)13(16)8-12/h5-6,8-9,11,14H,7,17H2,1-4H3,(H,18,19). The number of amides is 1. The Morgan fingerprint density at radius 2 is 2.00 bits per heavy atom. The van der Waals surface area contributed by atoms with Crippen LogP contribution in [0.25, 0.3) is 0 Å². The minimum atomic E-state index is -0.516. The molecule has 3 nitrogen and oxygen atoms in total. The molecular weight excluding hydrogens is 243 g/mol. The molecule has 0 bridgehead atoms. The van der Waals surface area contributed by atoms with Crippen LogP contribution in [0.2, 0.25) is 0 Å². The lowest BCUT2D eigenvalue weighted by molar-refractivity contribution is -0.123. The van der Waals surface area contributed by atoms with Crippen LogP contribution in [-0.4, -0.2) is 11.9 Å². The van der Waals surface area contributed by atoms with Crippen LogP contribution in [-0.2, 0) is 4.79 Å².